The second-order valence-corrected chi connectivity index (χ2v) is 6.13. The molecule has 0 radical (unpaired) electrons. The van der Waals surface area contributed by atoms with Crippen molar-refractivity contribution in [1.29, 1.82) is 0 Å². The lowest BCUT2D eigenvalue weighted by Gasteiger charge is -2.25. The van der Waals surface area contributed by atoms with Crippen LogP contribution in [-0.4, -0.2) is 63.9 Å². The highest BCUT2D eigenvalue weighted by Gasteiger charge is 2.16. The number of nitrogens with zero attached hydrogens (tertiary/aromatic N) is 5. The van der Waals surface area contributed by atoms with Gasteiger partial charge >= 0.3 is 0 Å². The van der Waals surface area contributed by atoms with Crippen LogP contribution in [0.3, 0.4) is 0 Å². The van der Waals surface area contributed by atoms with Crippen molar-refractivity contribution in [3.63, 3.8) is 0 Å². The van der Waals surface area contributed by atoms with E-state index >= 15 is 0 Å². The molecule has 1 atom stereocenters. The second-order valence-electron chi connectivity index (χ2n) is 6.13. The van der Waals surface area contributed by atoms with Gasteiger partial charge in [0.05, 0.1) is 11.8 Å². The summed E-state index contributed by atoms with van der Waals surface area (Å²) in [6.45, 7) is 1.52. The van der Waals surface area contributed by atoms with Gasteiger partial charge in [0, 0.05) is 26.3 Å². The van der Waals surface area contributed by atoms with Crippen LogP contribution in [0.15, 0.2) is 30.6 Å². The molecule has 2 aromatic rings. The molecule has 1 aliphatic heterocycles. The van der Waals surface area contributed by atoms with Crippen molar-refractivity contribution >= 4 is 5.91 Å². The van der Waals surface area contributed by atoms with Gasteiger partial charge in [-0.3, -0.25) is 4.79 Å². The molecule has 1 saturated heterocycles. The Bertz CT molecular complexity index is 671. The molecule has 25 heavy (non-hydrogen) atoms. The average Bonchev–Trinajstić information content (AvgIpc) is 3.20. The number of ether oxygens (including phenoxy) is 2. The Balaban J connectivity index is 1.46. The number of carbonyl (C=O) groups excluding carboxylic acids is 1. The van der Waals surface area contributed by atoms with Crippen LogP contribution in [0.2, 0.25) is 0 Å². The normalized spacial score (nSPS) is 17.2. The molecule has 0 N–H and O–H groups in total. The maximum Gasteiger partial charge on any atom is 0.260 e. The van der Waals surface area contributed by atoms with E-state index in [4.69, 9.17) is 9.47 Å². The minimum atomic E-state index is -0.0522. The Kier molecular flexibility index (Phi) is 5.95. The molecule has 1 amide bonds. The van der Waals surface area contributed by atoms with E-state index < -0.39 is 0 Å². The zero-order chi connectivity index (χ0) is 17.5. The van der Waals surface area contributed by atoms with Gasteiger partial charge in [-0.15, -0.1) is 5.10 Å². The lowest BCUT2D eigenvalue weighted by Crippen LogP contribution is -2.34. The van der Waals surface area contributed by atoms with Crippen LogP contribution >= 0.6 is 0 Å². The maximum atomic E-state index is 12.2. The number of amides is 1. The standard InChI is InChI=1S/C17H23N5O3/c1-21(9-8-15-6-2-3-10-24-15)17(23)12-25-16-7-4-5-14(11-16)22-13-18-19-20-22/h4-5,7,11,13,15H,2-3,6,8-10,12H2,1H3/t15-/m1/s1. The summed E-state index contributed by atoms with van der Waals surface area (Å²) >= 11 is 0. The monoisotopic (exact) mass is 345 g/mol. The SMILES string of the molecule is CN(CC[C@H]1CCCCO1)C(=O)COc1cccc(-n2cnnn2)c1. The average molecular weight is 345 g/mol. The van der Waals surface area contributed by atoms with Crippen LogP contribution in [-0.2, 0) is 9.53 Å². The summed E-state index contributed by atoms with van der Waals surface area (Å²) in [5.41, 5.74) is 0.776. The van der Waals surface area contributed by atoms with E-state index in [0.29, 0.717) is 12.3 Å². The van der Waals surface area contributed by atoms with Crippen LogP contribution in [0, 0.1) is 0 Å². The third kappa shape index (κ3) is 4.99. The van der Waals surface area contributed by atoms with E-state index in [9.17, 15) is 4.79 Å². The molecule has 8 heteroatoms. The smallest absolute Gasteiger partial charge is 0.260 e. The molecule has 0 spiro atoms. The number of likely N-dealkylation sites (N-methyl/N-ethyl adjacent to an activating group) is 1. The first-order valence-electron chi connectivity index (χ1n) is 8.54. The van der Waals surface area contributed by atoms with Gasteiger partial charge in [0.1, 0.15) is 12.1 Å². The van der Waals surface area contributed by atoms with E-state index in [1.165, 1.54) is 17.4 Å². The van der Waals surface area contributed by atoms with Crippen molar-refractivity contribution in [2.24, 2.45) is 0 Å². The van der Waals surface area contributed by atoms with E-state index in [0.717, 1.165) is 31.6 Å². The minimum absolute atomic E-state index is 0.00108. The van der Waals surface area contributed by atoms with E-state index in [2.05, 4.69) is 15.5 Å². The molecule has 1 aromatic carbocycles. The van der Waals surface area contributed by atoms with E-state index in [1.54, 1.807) is 24.1 Å². The van der Waals surface area contributed by atoms with E-state index in [-0.39, 0.29) is 18.6 Å². The molecular formula is C17H23N5O3. The predicted molar refractivity (Wildman–Crippen MR) is 90.5 cm³/mol. The molecule has 0 bridgehead atoms. The van der Waals surface area contributed by atoms with Gasteiger partial charge in [0.25, 0.3) is 5.91 Å². The third-order valence-electron chi connectivity index (χ3n) is 4.28. The van der Waals surface area contributed by atoms with Gasteiger partial charge in [-0.25, -0.2) is 4.68 Å². The molecule has 8 nitrogen and oxygen atoms in total. The zero-order valence-electron chi connectivity index (χ0n) is 14.4. The van der Waals surface area contributed by atoms with Crippen molar-refractivity contribution in [1.82, 2.24) is 25.1 Å². The van der Waals surface area contributed by atoms with Gasteiger partial charge in [0.15, 0.2) is 6.61 Å². The Hall–Kier alpha value is -2.48. The Labute approximate surface area is 146 Å². The van der Waals surface area contributed by atoms with Crippen LogP contribution in [0.1, 0.15) is 25.7 Å². The number of carbonyl (C=O) groups is 1. The molecule has 134 valence electrons. The third-order valence-corrected chi connectivity index (χ3v) is 4.28. The molecule has 0 aliphatic carbocycles. The second kappa shape index (κ2) is 8.57. The molecule has 0 unspecified atom stereocenters. The lowest BCUT2D eigenvalue weighted by molar-refractivity contribution is -0.132. The summed E-state index contributed by atoms with van der Waals surface area (Å²) in [5.74, 6) is 0.550. The van der Waals surface area contributed by atoms with Gasteiger partial charge in [-0.2, -0.15) is 0 Å². The van der Waals surface area contributed by atoms with Crippen molar-refractivity contribution in [3.05, 3.63) is 30.6 Å². The summed E-state index contributed by atoms with van der Waals surface area (Å²) in [4.78, 5) is 13.9. The van der Waals surface area contributed by atoms with Crippen molar-refractivity contribution in [3.8, 4) is 11.4 Å². The number of benzene rings is 1. The number of tetrazole rings is 1. The van der Waals surface area contributed by atoms with Crippen LogP contribution in [0.5, 0.6) is 5.75 Å². The minimum Gasteiger partial charge on any atom is -0.484 e. The molecule has 0 saturated carbocycles. The Morgan fingerprint density at radius 3 is 3.12 bits per heavy atom. The van der Waals surface area contributed by atoms with E-state index in [1.807, 2.05) is 12.1 Å². The van der Waals surface area contributed by atoms with Gasteiger partial charge in [0.2, 0.25) is 0 Å². The summed E-state index contributed by atoms with van der Waals surface area (Å²) in [6.07, 6.45) is 6.09. The first-order valence-corrected chi connectivity index (χ1v) is 8.54. The highest BCUT2D eigenvalue weighted by Crippen LogP contribution is 2.17. The Morgan fingerprint density at radius 2 is 2.36 bits per heavy atom. The van der Waals surface area contributed by atoms with Gasteiger partial charge in [-0.05, 0) is 48.2 Å². The van der Waals surface area contributed by atoms with Gasteiger partial charge in [-0.1, -0.05) is 6.07 Å². The fourth-order valence-electron chi connectivity index (χ4n) is 2.75. The molecule has 2 heterocycles. The van der Waals surface area contributed by atoms with Crippen LogP contribution in [0.4, 0.5) is 0 Å². The van der Waals surface area contributed by atoms with Crippen LogP contribution in [0.25, 0.3) is 5.69 Å². The van der Waals surface area contributed by atoms with Crippen molar-refractivity contribution in [2.45, 2.75) is 31.8 Å². The lowest BCUT2D eigenvalue weighted by atomic mass is 10.1. The summed E-state index contributed by atoms with van der Waals surface area (Å²) < 4.78 is 12.8. The highest BCUT2D eigenvalue weighted by molar-refractivity contribution is 5.77. The summed E-state index contributed by atoms with van der Waals surface area (Å²) in [5, 5.41) is 11.0. The summed E-state index contributed by atoms with van der Waals surface area (Å²) in [7, 11) is 1.80. The largest absolute Gasteiger partial charge is 0.484 e. The molecule has 3 rings (SSSR count). The van der Waals surface area contributed by atoms with Crippen molar-refractivity contribution < 1.29 is 14.3 Å². The first-order chi connectivity index (χ1) is 12.2. The quantitative estimate of drug-likeness (QED) is 0.755. The maximum absolute atomic E-state index is 12.2. The number of aromatic nitrogens is 4. The molecule has 1 aromatic heterocycles. The highest BCUT2D eigenvalue weighted by atomic mass is 16.5. The first kappa shape index (κ1) is 17.3. The molecule has 1 aliphatic rings. The fraction of sp³-hybridized carbons (Fsp3) is 0.529. The van der Waals surface area contributed by atoms with Gasteiger partial charge < -0.3 is 14.4 Å². The predicted octanol–water partition coefficient (Wildman–Crippen LogP) is 1.46. The number of hydrogen-bond donors (Lipinski definition) is 0. The molecule has 1 fully saturated rings. The fourth-order valence-corrected chi connectivity index (χ4v) is 2.75. The van der Waals surface area contributed by atoms with Crippen LogP contribution < -0.4 is 4.74 Å². The zero-order valence-corrected chi connectivity index (χ0v) is 14.4. The molecular weight excluding hydrogens is 322 g/mol. The number of hydrogen-bond acceptors (Lipinski definition) is 6. The number of rotatable bonds is 7. The summed E-state index contributed by atoms with van der Waals surface area (Å²) in [6, 6.07) is 7.29. The van der Waals surface area contributed by atoms with Crippen molar-refractivity contribution in [2.75, 3.05) is 26.8 Å². The topological polar surface area (TPSA) is 82.4 Å². The Morgan fingerprint density at radius 1 is 1.44 bits per heavy atom.